The van der Waals surface area contributed by atoms with Gasteiger partial charge in [0, 0.05) is 23.9 Å². The first-order valence-corrected chi connectivity index (χ1v) is 11.8. The Morgan fingerprint density at radius 2 is 2.08 bits per heavy atom. The molecule has 1 saturated heterocycles. The molecule has 7 rings (SSSR count). The second-order valence-corrected chi connectivity index (χ2v) is 9.68. The molecule has 3 atom stereocenters. The van der Waals surface area contributed by atoms with Crippen LogP contribution in [0.3, 0.4) is 0 Å². The number of methoxy groups -OCH3 is 1. The highest BCUT2D eigenvalue weighted by Gasteiger charge is 2.58. The number of carbonyl (C=O) groups excluding carboxylic acids is 1. The van der Waals surface area contributed by atoms with E-state index in [-0.39, 0.29) is 46.8 Å². The Balaban J connectivity index is 1.13. The van der Waals surface area contributed by atoms with Crippen molar-refractivity contribution in [3.63, 3.8) is 0 Å². The molecule has 3 saturated carbocycles. The van der Waals surface area contributed by atoms with E-state index in [1.54, 1.807) is 0 Å². The normalized spacial score (nSPS) is 28.0. The molecule has 4 heterocycles. The fourth-order valence-electron chi connectivity index (χ4n) is 5.05. The molecule has 16 heteroatoms. The summed E-state index contributed by atoms with van der Waals surface area (Å²) in [6.45, 7) is -0.911. The lowest BCUT2D eigenvalue weighted by atomic mass is 9.50. The lowest BCUT2D eigenvalue weighted by Gasteiger charge is -2.61. The second kappa shape index (κ2) is 8.97. The highest BCUT2D eigenvalue weighted by molar-refractivity contribution is 5.69. The van der Waals surface area contributed by atoms with Gasteiger partial charge in [-0.1, -0.05) is 0 Å². The molecule has 3 aromatic rings. The van der Waals surface area contributed by atoms with E-state index < -0.39 is 37.4 Å². The van der Waals surface area contributed by atoms with Crippen LogP contribution in [0.5, 0.6) is 5.88 Å². The zero-order chi connectivity index (χ0) is 26.7. The van der Waals surface area contributed by atoms with Crippen molar-refractivity contribution in [2.24, 2.45) is 5.92 Å². The first-order chi connectivity index (χ1) is 18.1. The maximum Gasteiger partial charge on any atom is 0.522 e. The largest absolute Gasteiger partial charge is 0.522 e. The molecule has 0 aromatic carbocycles. The zero-order valence-corrected chi connectivity index (χ0v) is 19.9. The Labute approximate surface area is 212 Å². The second-order valence-electron chi connectivity index (χ2n) is 9.68. The summed E-state index contributed by atoms with van der Waals surface area (Å²) in [5.74, 6) is 1.16. The minimum atomic E-state index is -4.81. The minimum absolute atomic E-state index is 0.00637. The number of nitrogens with one attached hydrogen (secondary N) is 3. The number of alkyl halides is 4. The molecule has 3 aliphatic carbocycles. The topological polar surface area (TPSA) is 137 Å². The number of rotatable bonds is 8. The molecule has 1 amide bonds. The van der Waals surface area contributed by atoms with E-state index in [1.807, 2.05) is 0 Å². The number of alkyl carbamates (subject to hydrolysis) is 1. The van der Waals surface area contributed by atoms with E-state index in [9.17, 15) is 18.0 Å². The van der Waals surface area contributed by atoms with Crippen molar-refractivity contribution in [3.05, 3.63) is 29.7 Å². The van der Waals surface area contributed by atoms with Gasteiger partial charge in [-0.3, -0.25) is 14.2 Å². The van der Waals surface area contributed by atoms with Crippen LogP contribution in [0.1, 0.15) is 36.8 Å². The van der Waals surface area contributed by atoms with Crippen molar-refractivity contribution in [2.45, 2.75) is 56.2 Å². The number of aromatic nitrogens is 5. The molecule has 4 aliphatic rings. The molecule has 0 spiro atoms. The third-order valence-electron chi connectivity index (χ3n) is 6.97. The zero-order valence-electron chi connectivity index (χ0n) is 19.9. The average molecular weight is 541 g/mol. The molecule has 4 fully saturated rings. The molecule has 3 N–H and O–H groups in total. The van der Waals surface area contributed by atoms with Crippen molar-refractivity contribution in [3.8, 4) is 5.88 Å². The van der Waals surface area contributed by atoms with Gasteiger partial charge in [0.2, 0.25) is 11.8 Å². The van der Waals surface area contributed by atoms with Crippen molar-refractivity contribution >= 4 is 23.5 Å². The van der Waals surface area contributed by atoms with Crippen LogP contribution in [0.4, 0.5) is 34.1 Å². The average Bonchev–Trinajstić information content (AvgIpc) is 3.53. The fraction of sp³-hybridized carbons (Fsp3) is 0.545. The van der Waals surface area contributed by atoms with Gasteiger partial charge in [-0.2, -0.15) is 10.1 Å². The lowest BCUT2D eigenvalue weighted by molar-refractivity contribution is -0.330. The number of anilines is 2. The maximum absolute atomic E-state index is 15.1. The maximum atomic E-state index is 15.1. The van der Waals surface area contributed by atoms with Crippen molar-refractivity contribution in [2.75, 3.05) is 19.0 Å². The summed E-state index contributed by atoms with van der Waals surface area (Å²) in [4.78, 5) is 20.6. The summed E-state index contributed by atoms with van der Waals surface area (Å²) < 4.78 is 73.6. The Morgan fingerprint density at radius 3 is 2.76 bits per heavy atom. The van der Waals surface area contributed by atoms with Gasteiger partial charge in [0.15, 0.2) is 18.1 Å². The standard InChI is InChI=1S/C22H23F4N7O5/c1-35-16-3-15-27-11(8-37-22(24,25)26)7-33(15)19(29-16)28-14-2-12(31-32-14)18-17(23)13(9-36-18)38-20(34)30-21-4-10(5-21)6-21/h2-3,7,10,13,17-18H,4-6,8-9H2,1H3,(H,30,34)(H2,28,29,31,32)/t10?,13-,17-,18-,21?/m1/s1. The highest BCUT2D eigenvalue weighted by Crippen LogP contribution is 2.57. The van der Waals surface area contributed by atoms with E-state index in [0.29, 0.717) is 5.92 Å². The number of halogens is 4. The number of carbonyl (C=O) groups is 1. The van der Waals surface area contributed by atoms with E-state index in [4.69, 9.17) is 14.2 Å². The first-order valence-electron chi connectivity index (χ1n) is 11.8. The van der Waals surface area contributed by atoms with Gasteiger partial charge >= 0.3 is 12.5 Å². The molecule has 0 unspecified atom stereocenters. The molecule has 3 aromatic heterocycles. The minimum Gasteiger partial charge on any atom is -0.481 e. The molecule has 0 radical (unpaired) electrons. The van der Waals surface area contributed by atoms with Gasteiger partial charge in [0.1, 0.15) is 11.8 Å². The van der Waals surface area contributed by atoms with Crippen molar-refractivity contribution in [1.29, 1.82) is 0 Å². The Hall–Kier alpha value is -3.66. The quantitative estimate of drug-likeness (QED) is 0.367. The van der Waals surface area contributed by atoms with E-state index in [0.717, 1.165) is 19.3 Å². The number of hydrogen-bond acceptors (Lipinski definition) is 9. The number of hydrogen-bond donors (Lipinski definition) is 3. The molecular weight excluding hydrogens is 518 g/mol. The molecule has 12 nitrogen and oxygen atoms in total. The Morgan fingerprint density at radius 1 is 1.29 bits per heavy atom. The van der Waals surface area contributed by atoms with Gasteiger partial charge in [0.25, 0.3) is 0 Å². The predicted molar refractivity (Wildman–Crippen MR) is 119 cm³/mol. The van der Waals surface area contributed by atoms with Crippen LogP contribution in [0.2, 0.25) is 0 Å². The number of imidazole rings is 1. The van der Waals surface area contributed by atoms with Gasteiger partial charge in [-0.25, -0.2) is 14.2 Å². The summed E-state index contributed by atoms with van der Waals surface area (Å²) >= 11 is 0. The summed E-state index contributed by atoms with van der Waals surface area (Å²) in [5, 5.41) is 12.5. The van der Waals surface area contributed by atoms with Crippen LogP contribution in [-0.4, -0.2) is 68.6 Å². The summed E-state index contributed by atoms with van der Waals surface area (Å²) in [6.07, 6.45) is -5.09. The third kappa shape index (κ3) is 4.69. The molecule has 1 aliphatic heterocycles. The lowest BCUT2D eigenvalue weighted by Crippen LogP contribution is -2.68. The third-order valence-corrected chi connectivity index (χ3v) is 6.97. The van der Waals surface area contributed by atoms with Gasteiger partial charge < -0.3 is 24.8 Å². The highest BCUT2D eigenvalue weighted by atomic mass is 19.4. The monoisotopic (exact) mass is 541 g/mol. The van der Waals surface area contributed by atoms with E-state index in [2.05, 4.69) is 35.5 Å². The Kier molecular flexibility index (Phi) is 5.82. The van der Waals surface area contributed by atoms with E-state index in [1.165, 1.54) is 29.8 Å². The van der Waals surface area contributed by atoms with E-state index >= 15 is 4.39 Å². The number of fused-ring (bicyclic) bond motifs is 1. The summed E-state index contributed by atoms with van der Waals surface area (Å²) in [7, 11) is 1.37. The summed E-state index contributed by atoms with van der Waals surface area (Å²) in [5.41, 5.74) is 0.356. The number of nitrogens with zero attached hydrogens (tertiary/aromatic N) is 4. The van der Waals surface area contributed by atoms with Crippen LogP contribution >= 0.6 is 0 Å². The Bertz CT molecular complexity index is 1340. The van der Waals surface area contributed by atoms with Crippen LogP contribution in [0.25, 0.3) is 5.65 Å². The van der Waals surface area contributed by atoms with Crippen LogP contribution in [-0.2, 0) is 20.8 Å². The van der Waals surface area contributed by atoms with Crippen LogP contribution in [0.15, 0.2) is 18.3 Å². The van der Waals surface area contributed by atoms with Crippen molar-refractivity contribution < 1.29 is 41.3 Å². The molecule has 204 valence electrons. The number of aromatic amines is 1. The summed E-state index contributed by atoms with van der Waals surface area (Å²) in [6, 6.07) is 2.92. The molecule has 2 bridgehead atoms. The van der Waals surface area contributed by atoms with Gasteiger partial charge in [0.05, 0.1) is 31.7 Å². The SMILES string of the molecule is COc1cc2nc(COC(F)(F)F)cn2c(Nc2cc([C@H]3OC[C@@H](OC(=O)NC45CC(C4)C5)[C@H]3F)[nH]n2)n1. The predicted octanol–water partition coefficient (Wildman–Crippen LogP) is 3.30. The van der Waals surface area contributed by atoms with Gasteiger partial charge in [-0.15, -0.1) is 13.2 Å². The first kappa shape index (κ1) is 24.7. The van der Waals surface area contributed by atoms with Crippen LogP contribution < -0.4 is 15.4 Å². The van der Waals surface area contributed by atoms with Crippen molar-refractivity contribution in [1.82, 2.24) is 29.9 Å². The van der Waals surface area contributed by atoms with Gasteiger partial charge in [-0.05, 0) is 25.2 Å². The smallest absolute Gasteiger partial charge is 0.481 e. The fourth-order valence-corrected chi connectivity index (χ4v) is 5.05. The number of ether oxygens (including phenoxy) is 4. The number of amides is 1. The van der Waals surface area contributed by atoms with Crippen LogP contribution in [0, 0.1) is 5.92 Å². The molecular formula is C22H23F4N7O5. The number of H-pyrrole nitrogens is 1. The molecule has 38 heavy (non-hydrogen) atoms.